The second-order valence-electron chi connectivity index (χ2n) is 5.34. The van der Waals surface area contributed by atoms with E-state index in [0.717, 1.165) is 18.3 Å². The lowest BCUT2D eigenvalue weighted by molar-refractivity contribution is 0.429. The molecule has 18 heavy (non-hydrogen) atoms. The zero-order valence-electron chi connectivity index (χ0n) is 10.5. The fourth-order valence-corrected chi connectivity index (χ4v) is 3.67. The van der Waals surface area contributed by atoms with E-state index in [1.54, 1.807) is 0 Å². The average Bonchev–Trinajstić information content (AvgIpc) is 3.01. The number of hydrogen-bond acceptors (Lipinski definition) is 4. The summed E-state index contributed by atoms with van der Waals surface area (Å²) in [7, 11) is 0. The summed E-state index contributed by atoms with van der Waals surface area (Å²) in [6.07, 6.45) is 9.43. The van der Waals surface area contributed by atoms with Crippen LogP contribution in [0.3, 0.4) is 0 Å². The predicted octanol–water partition coefficient (Wildman–Crippen LogP) is 2.87. The zero-order chi connectivity index (χ0) is 12.5. The molecule has 0 amide bonds. The Morgan fingerprint density at radius 1 is 1.17 bits per heavy atom. The molecule has 0 spiro atoms. The third-order valence-corrected chi connectivity index (χ3v) is 4.68. The van der Waals surface area contributed by atoms with Gasteiger partial charge in [0, 0.05) is 12.6 Å². The van der Waals surface area contributed by atoms with Crippen LogP contribution in [0, 0.1) is 5.92 Å². The first-order valence-corrected chi connectivity index (χ1v) is 7.18. The SMILES string of the molecule is Nc1ncnc(N2CCCC2C2CCCC2)c1Cl. The molecular weight excluding hydrogens is 248 g/mol. The number of rotatable bonds is 2. The quantitative estimate of drug-likeness (QED) is 0.894. The second kappa shape index (κ2) is 4.92. The number of aromatic nitrogens is 2. The van der Waals surface area contributed by atoms with E-state index in [2.05, 4.69) is 14.9 Å². The summed E-state index contributed by atoms with van der Waals surface area (Å²) in [4.78, 5) is 10.6. The monoisotopic (exact) mass is 266 g/mol. The molecule has 1 unspecified atom stereocenters. The number of hydrogen-bond donors (Lipinski definition) is 1. The van der Waals surface area contributed by atoms with Crippen molar-refractivity contribution in [3.63, 3.8) is 0 Å². The van der Waals surface area contributed by atoms with E-state index in [9.17, 15) is 0 Å². The largest absolute Gasteiger partial charge is 0.382 e. The molecule has 3 rings (SSSR count). The minimum Gasteiger partial charge on any atom is -0.382 e. The average molecular weight is 267 g/mol. The third-order valence-electron chi connectivity index (χ3n) is 4.31. The molecule has 2 heterocycles. The molecule has 1 saturated heterocycles. The van der Waals surface area contributed by atoms with Gasteiger partial charge in [-0.25, -0.2) is 9.97 Å². The highest BCUT2D eigenvalue weighted by atomic mass is 35.5. The Hall–Kier alpha value is -1.03. The highest BCUT2D eigenvalue weighted by Gasteiger charge is 2.35. The maximum Gasteiger partial charge on any atom is 0.153 e. The first-order chi connectivity index (χ1) is 8.77. The van der Waals surface area contributed by atoms with Crippen LogP contribution in [0.25, 0.3) is 0 Å². The molecule has 2 N–H and O–H groups in total. The van der Waals surface area contributed by atoms with Gasteiger partial charge < -0.3 is 10.6 Å². The summed E-state index contributed by atoms with van der Waals surface area (Å²) < 4.78 is 0. The lowest BCUT2D eigenvalue weighted by Gasteiger charge is -2.30. The van der Waals surface area contributed by atoms with E-state index < -0.39 is 0 Å². The first kappa shape index (κ1) is 12.0. The molecule has 0 radical (unpaired) electrons. The molecule has 1 aromatic heterocycles. The van der Waals surface area contributed by atoms with E-state index >= 15 is 0 Å². The molecule has 98 valence electrons. The molecule has 0 aromatic carbocycles. The first-order valence-electron chi connectivity index (χ1n) is 6.80. The van der Waals surface area contributed by atoms with Gasteiger partial charge in [-0.1, -0.05) is 24.4 Å². The number of halogens is 1. The normalized spacial score (nSPS) is 24.9. The third kappa shape index (κ3) is 2.03. The Morgan fingerprint density at radius 3 is 2.72 bits per heavy atom. The van der Waals surface area contributed by atoms with E-state index in [4.69, 9.17) is 17.3 Å². The van der Waals surface area contributed by atoms with Crippen LogP contribution in [0.1, 0.15) is 38.5 Å². The van der Waals surface area contributed by atoms with E-state index in [1.807, 2.05) is 0 Å². The minimum absolute atomic E-state index is 0.388. The summed E-state index contributed by atoms with van der Waals surface area (Å²) in [5.74, 6) is 2.03. The van der Waals surface area contributed by atoms with Crippen molar-refractivity contribution in [1.82, 2.24) is 9.97 Å². The summed E-state index contributed by atoms with van der Waals surface area (Å²) in [6.45, 7) is 1.04. The van der Waals surface area contributed by atoms with Gasteiger partial charge in [0.05, 0.1) is 0 Å². The zero-order valence-corrected chi connectivity index (χ0v) is 11.2. The molecule has 1 aliphatic heterocycles. The standard InChI is InChI=1S/C13H19ClN4/c14-11-12(15)16-8-17-13(11)18-7-3-6-10(18)9-4-1-2-5-9/h8-10H,1-7H2,(H2,15,16,17). The minimum atomic E-state index is 0.388. The van der Waals surface area contributed by atoms with Crippen LogP contribution >= 0.6 is 11.6 Å². The summed E-state index contributed by atoms with van der Waals surface area (Å²) in [6, 6.07) is 0.597. The highest BCUT2D eigenvalue weighted by molar-refractivity contribution is 6.35. The smallest absolute Gasteiger partial charge is 0.153 e. The molecule has 5 heteroatoms. The fourth-order valence-electron chi connectivity index (χ4n) is 3.46. The Balaban J connectivity index is 1.87. The van der Waals surface area contributed by atoms with Crippen LogP contribution in [0.5, 0.6) is 0 Å². The maximum absolute atomic E-state index is 6.25. The van der Waals surface area contributed by atoms with Crippen LogP contribution in [-0.2, 0) is 0 Å². The van der Waals surface area contributed by atoms with Gasteiger partial charge in [0.1, 0.15) is 17.2 Å². The second-order valence-corrected chi connectivity index (χ2v) is 5.72. The highest BCUT2D eigenvalue weighted by Crippen LogP contribution is 2.39. The molecule has 1 saturated carbocycles. The van der Waals surface area contributed by atoms with Gasteiger partial charge in [-0.2, -0.15) is 0 Å². The Bertz CT molecular complexity index is 431. The van der Waals surface area contributed by atoms with Crippen molar-refractivity contribution in [2.24, 2.45) is 5.92 Å². The molecule has 1 atom stereocenters. The number of anilines is 2. The van der Waals surface area contributed by atoms with E-state index in [0.29, 0.717) is 16.9 Å². The van der Waals surface area contributed by atoms with Crippen molar-refractivity contribution in [3.05, 3.63) is 11.3 Å². The molecule has 2 aliphatic rings. The molecule has 0 bridgehead atoms. The van der Waals surface area contributed by atoms with Crippen LogP contribution in [0.4, 0.5) is 11.6 Å². The van der Waals surface area contributed by atoms with E-state index in [-0.39, 0.29) is 0 Å². The van der Waals surface area contributed by atoms with Crippen LogP contribution < -0.4 is 10.6 Å². The van der Waals surface area contributed by atoms with Crippen molar-refractivity contribution >= 4 is 23.2 Å². The Labute approximate surface area is 113 Å². The number of nitrogens with two attached hydrogens (primary N) is 1. The predicted molar refractivity (Wildman–Crippen MR) is 73.8 cm³/mol. The maximum atomic E-state index is 6.25. The van der Waals surface area contributed by atoms with Gasteiger partial charge in [0.25, 0.3) is 0 Å². The Kier molecular flexibility index (Phi) is 3.29. The lowest BCUT2D eigenvalue weighted by atomic mass is 9.96. The molecule has 1 aromatic rings. The van der Waals surface area contributed by atoms with Crippen molar-refractivity contribution in [2.75, 3.05) is 17.2 Å². The van der Waals surface area contributed by atoms with Gasteiger partial charge in [-0.15, -0.1) is 0 Å². The van der Waals surface area contributed by atoms with Gasteiger partial charge in [-0.05, 0) is 31.6 Å². The molecule has 4 nitrogen and oxygen atoms in total. The molecule has 2 fully saturated rings. The Morgan fingerprint density at radius 2 is 1.94 bits per heavy atom. The topological polar surface area (TPSA) is 55.0 Å². The summed E-state index contributed by atoms with van der Waals surface area (Å²) >= 11 is 6.25. The van der Waals surface area contributed by atoms with Crippen LogP contribution in [0.15, 0.2) is 6.33 Å². The van der Waals surface area contributed by atoms with Crippen molar-refractivity contribution in [3.8, 4) is 0 Å². The van der Waals surface area contributed by atoms with Gasteiger partial charge in [0.15, 0.2) is 5.82 Å². The van der Waals surface area contributed by atoms with Gasteiger partial charge in [-0.3, -0.25) is 0 Å². The van der Waals surface area contributed by atoms with Crippen molar-refractivity contribution in [1.29, 1.82) is 0 Å². The van der Waals surface area contributed by atoms with Crippen LogP contribution in [-0.4, -0.2) is 22.6 Å². The number of nitrogens with zero attached hydrogens (tertiary/aromatic N) is 3. The lowest BCUT2D eigenvalue weighted by Crippen LogP contribution is -2.35. The summed E-state index contributed by atoms with van der Waals surface area (Å²) in [5.41, 5.74) is 5.78. The van der Waals surface area contributed by atoms with Gasteiger partial charge in [0.2, 0.25) is 0 Å². The fraction of sp³-hybridized carbons (Fsp3) is 0.692. The van der Waals surface area contributed by atoms with Crippen molar-refractivity contribution < 1.29 is 0 Å². The van der Waals surface area contributed by atoms with Crippen LogP contribution in [0.2, 0.25) is 5.02 Å². The molecular formula is C13H19ClN4. The molecule has 1 aliphatic carbocycles. The number of nitrogen functional groups attached to an aromatic ring is 1. The van der Waals surface area contributed by atoms with E-state index in [1.165, 1.54) is 44.9 Å². The van der Waals surface area contributed by atoms with Crippen molar-refractivity contribution in [2.45, 2.75) is 44.6 Å². The van der Waals surface area contributed by atoms with Gasteiger partial charge >= 0.3 is 0 Å². The summed E-state index contributed by atoms with van der Waals surface area (Å²) in [5, 5.41) is 0.516.